The Bertz CT molecular complexity index is 594. The van der Waals surface area contributed by atoms with Crippen molar-refractivity contribution in [3.63, 3.8) is 0 Å². The van der Waals surface area contributed by atoms with Crippen LogP contribution in [0.1, 0.15) is 33.6 Å². The van der Waals surface area contributed by atoms with Crippen LogP contribution in [0.5, 0.6) is 0 Å². The third-order valence-corrected chi connectivity index (χ3v) is 2.90. The molecule has 124 valence electrons. The number of hydrogen-bond donors (Lipinski definition) is 0. The van der Waals surface area contributed by atoms with Crippen LogP contribution < -0.4 is 0 Å². The molecular formula is C14H12F3NO5. The zero-order valence-electron chi connectivity index (χ0n) is 11.8. The number of halogens is 3. The Morgan fingerprint density at radius 2 is 1.65 bits per heavy atom. The SMILES string of the molecule is O=C(CCCON1C(=O)c2ccccc2C1=O)OCC(F)(F)F. The molecule has 0 bridgehead atoms. The van der Waals surface area contributed by atoms with E-state index in [0.717, 1.165) is 0 Å². The molecule has 9 heteroatoms. The number of rotatable bonds is 6. The molecule has 0 aromatic heterocycles. The van der Waals surface area contributed by atoms with Crippen molar-refractivity contribution >= 4 is 17.8 Å². The Balaban J connectivity index is 1.75. The van der Waals surface area contributed by atoms with Crippen molar-refractivity contribution in [2.75, 3.05) is 13.2 Å². The number of imide groups is 1. The number of fused-ring (bicyclic) bond motifs is 1. The molecule has 6 nitrogen and oxygen atoms in total. The van der Waals surface area contributed by atoms with Crippen molar-refractivity contribution in [1.82, 2.24) is 5.06 Å². The van der Waals surface area contributed by atoms with Gasteiger partial charge in [0.2, 0.25) is 0 Å². The van der Waals surface area contributed by atoms with Gasteiger partial charge in [0.05, 0.1) is 17.7 Å². The van der Waals surface area contributed by atoms with E-state index in [1.54, 1.807) is 12.1 Å². The van der Waals surface area contributed by atoms with Crippen molar-refractivity contribution in [2.24, 2.45) is 0 Å². The number of nitrogens with zero attached hydrogens (tertiary/aromatic N) is 1. The number of carbonyl (C=O) groups excluding carboxylic acids is 3. The summed E-state index contributed by atoms with van der Waals surface area (Å²) in [5.74, 6) is -2.27. The highest BCUT2D eigenvalue weighted by molar-refractivity contribution is 6.20. The Morgan fingerprint density at radius 3 is 2.17 bits per heavy atom. The number of alkyl halides is 3. The maximum Gasteiger partial charge on any atom is 0.422 e. The average Bonchev–Trinajstić information content (AvgIpc) is 2.74. The number of hydroxylamine groups is 2. The molecule has 2 rings (SSSR count). The fraction of sp³-hybridized carbons (Fsp3) is 0.357. The van der Waals surface area contributed by atoms with E-state index in [4.69, 9.17) is 4.84 Å². The van der Waals surface area contributed by atoms with Gasteiger partial charge in [-0.25, -0.2) is 0 Å². The standard InChI is InChI=1S/C14H12F3NO5/c15-14(16,17)8-22-11(19)6-3-7-23-18-12(20)9-4-1-2-5-10(9)13(18)21/h1-2,4-5H,3,6-8H2. The molecule has 2 amide bonds. The summed E-state index contributed by atoms with van der Waals surface area (Å²) in [5.41, 5.74) is 0.421. The first-order chi connectivity index (χ1) is 10.8. The van der Waals surface area contributed by atoms with Gasteiger partial charge in [-0.3, -0.25) is 19.2 Å². The van der Waals surface area contributed by atoms with E-state index in [9.17, 15) is 27.6 Å². The number of esters is 1. The van der Waals surface area contributed by atoms with Crippen LogP contribution in [0.15, 0.2) is 24.3 Å². The molecule has 0 fully saturated rings. The summed E-state index contributed by atoms with van der Waals surface area (Å²) in [6.07, 6.45) is -4.89. The number of ether oxygens (including phenoxy) is 1. The van der Waals surface area contributed by atoms with Gasteiger partial charge in [0.1, 0.15) is 0 Å². The Morgan fingerprint density at radius 1 is 1.09 bits per heavy atom. The predicted octanol–water partition coefficient (Wildman–Crippen LogP) is 2.10. The highest BCUT2D eigenvalue weighted by Gasteiger charge is 2.36. The monoisotopic (exact) mass is 331 g/mol. The van der Waals surface area contributed by atoms with E-state index in [1.165, 1.54) is 12.1 Å². The van der Waals surface area contributed by atoms with Gasteiger partial charge in [0.25, 0.3) is 11.8 Å². The molecule has 0 saturated carbocycles. The third kappa shape index (κ3) is 4.28. The summed E-state index contributed by atoms with van der Waals surface area (Å²) in [5, 5.41) is 0.575. The average molecular weight is 331 g/mol. The fourth-order valence-corrected chi connectivity index (χ4v) is 1.89. The lowest BCUT2D eigenvalue weighted by Crippen LogP contribution is -2.30. The fourth-order valence-electron chi connectivity index (χ4n) is 1.89. The van der Waals surface area contributed by atoms with Gasteiger partial charge in [0.15, 0.2) is 6.61 Å². The Labute approximate surface area is 128 Å². The van der Waals surface area contributed by atoms with E-state index in [-0.39, 0.29) is 30.6 Å². The quantitative estimate of drug-likeness (QED) is 0.453. The van der Waals surface area contributed by atoms with Crippen LogP contribution in [-0.2, 0) is 14.4 Å². The molecule has 0 unspecified atom stereocenters. The molecule has 0 aliphatic carbocycles. The minimum Gasteiger partial charge on any atom is -0.456 e. The molecule has 1 heterocycles. The molecule has 1 aliphatic heterocycles. The number of hydrogen-bond acceptors (Lipinski definition) is 5. The number of carbonyl (C=O) groups is 3. The summed E-state index contributed by atoms with van der Waals surface area (Å²) >= 11 is 0. The normalized spacial score (nSPS) is 14.1. The molecule has 0 spiro atoms. The highest BCUT2D eigenvalue weighted by atomic mass is 19.4. The summed E-state index contributed by atoms with van der Waals surface area (Å²) in [6.45, 7) is -1.84. The van der Waals surface area contributed by atoms with Gasteiger partial charge >= 0.3 is 12.1 Å². The van der Waals surface area contributed by atoms with Crippen molar-refractivity contribution in [3.8, 4) is 0 Å². The molecule has 23 heavy (non-hydrogen) atoms. The molecule has 0 radical (unpaired) electrons. The number of amides is 2. The summed E-state index contributed by atoms with van der Waals surface area (Å²) in [4.78, 5) is 39.9. The third-order valence-electron chi connectivity index (χ3n) is 2.90. The lowest BCUT2D eigenvalue weighted by Gasteiger charge is -2.13. The van der Waals surface area contributed by atoms with Crippen molar-refractivity contribution in [2.45, 2.75) is 19.0 Å². The van der Waals surface area contributed by atoms with Crippen LogP contribution in [0, 0.1) is 0 Å². The molecule has 1 aromatic rings. The molecule has 0 saturated heterocycles. The molecule has 0 atom stereocenters. The van der Waals surface area contributed by atoms with E-state index < -0.39 is 30.6 Å². The van der Waals surface area contributed by atoms with Gasteiger partial charge in [-0.15, -0.1) is 5.06 Å². The van der Waals surface area contributed by atoms with Crippen LogP contribution in [0.4, 0.5) is 13.2 Å². The van der Waals surface area contributed by atoms with Gasteiger partial charge < -0.3 is 4.74 Å². The Hall–Kier alpha value is -2.42. The topological polar surface area (TPSA) is 72.9 Å². The second kappa shape index (κ2) is 6.78. The molecular weight excluding hydrogens is 319 g/mol. The lowest BCUT2D eigenvalue weighted by molar-refractivity contribution is -0.186. The van der Waals surface area contributed by atoms with Gasteiger partial charge in [-0.2, -0.15) is 13.2 Å². The van der Waals surface area contributed by atoms with Crippen molar-refractivity contribution < 1.29 is 37.1 Å². The minimum absolute atomic E-state index is 0.00406. The van der Waals surface area contributed by atoms with E-state index in [2.05, 4.69) is 4.74 Å². The molecule has 0 N–H and O–H groups in total. The van der Waals surface area contributed by atoms with Crippen LogP contribution in [0.2, 0.25) is 0 Å². The van der Waals surface area contributed by atoms with Crippen LogP contribution >= 0.6 is 0 Å². The van der Waals surface area contributed by atoms with Gasteiger partial charge in [-0.05, 0) is 18.6 Å². The number of benzene rings is 1. The smallest absolute Gasteiger partial charge is 0.422 e. The van der Waals surface area contributed by atoms with E-state index >= 15 is 0 Å². The largest absolute Gasteiger partial charge is 0.456 e. The summed E-state index contributed by atoms with van der Waals surface area (Å²) < 4.78 is 39.5. The van der Waals surface area contributed by atoms with E-state index in [1.807, 2.05) is 0 Å². The molecule has 1 aromatic carbocycles. The summed E-state index contributed by atoms with van der Waals surface area (Å²) in [6, 6.07) is 6.16. The maximum absolute atomic E-state index is 11.9. The van der Waals surface area contributed by atoms with Crippen molar-refractivity contribution in [1.29, 1.82) is 0 Å². The minimum atomic E-state index is -4.58. The van der Waals surface area contributed by atoms with E-state index in [0.29, 0.717) is 5.06 Å². The highest BCUT2D eigenvalue weighted by Crippen LogP contribution is 2.22. The predicted molar refractivity (Wildman–Crippen MR) is 69.1 cm³/mol. The van der Waals surface area contributed by atoms with Crippen molar-refractivity contribution in [3.05, 3.63) is 35.4 Å². The Kier molecular flexibility index (Phi) is 4.99. The van der Waals surface area contributed by atoms with Crippen LogP contribution in [0.25, 0.3) is 0 Å². The first kappa shape index (κ1) is 16.9. The second-order valence-electron chi connectivity index (χ2n) is 4.66. The summed E-state index contributed by atoms with van der Waals surface area (Å²) in [7, 11) is 0. The second-order valence-corrected chi connectivity index (χ2v) is 4.66. The van der Waals surface area contributed by atoms with Crippen LogP contribution in [-0.4, -0.2) is 42.2 Å². The van der Waals surface area contributed by atoms with Crippen LogP contribution in [0.3, 0.4) is 0 Å². The van der Waals surface area contributed by atoms with Gasteiger partial charge in [0, 0.05) is 6.42 Å². The maximum atomic E-state index is 11.9. The zero-order valence-corrected chi connectivity index (χ0v) is 11.8. The first-order valence-corrected chi connectivity index (χ1v) is 6.63. The first-order valence-electron chi connectivity index (χ1n) is 6.63. The van der Waals surface area contributed by atoms with Gasteiger partial charge in [-0.1, -0.05) is 12.1 Å². The zero-order chi connectivity index (χ0) is 17.0. The molecule has 1 aliphatic rings. The lowest BCUT2D eigenvalue weighted by atomic mass is 10.1.